The molecule has 0 saturated carbocycles. The van der Waals surface area contributed by atoms with Crippen molar-refractivity contribution < 1.29 is 17.6 Å². The first kappa shape index (κ1) is 25.6. The number of nitrogens with zero attached hydrogens (tertiary/aromatic N) is 2. The number of amides is 1. The van der Waals surface area contributed by atoms with Crippen LogP contribution >= 0.6 is 11.3 Å². The highest BCUT2D eigenvalue weighted by atomic mass is 32.2. The molecule has 0 radical (unpaired) electrons. The summed E-state index contributed by atoms with van der Waals surface area (Å²) in [6.07, 6.45) is 5.78. The molecule has 3 heterocycles. The van der Waals surface area contributed by atoms with E-state index in [0.717, 1.165) is 47.8 Å². The molecule has 1 aliphatic rings. The van der Waals surface area contributed by atoms with Gasteiger partial charge in [0.1, 0.15) is 5.58 Å². The van der Waals surface area contributed by atoms with Gasteiger partial charge in [-0.1, -0.05) is 44.9 Å². The van der Waals surface area contributed by atoms with Crippen molar-refractivity contribution in [3.63, 3.8) is 0 Å². The molecule has 0 unspecified atom stereocenters. The zero-order valence-electron chi connectivity index (χ0n) is 21.1. The number of thiazole rings is 1. The fourth-order valence-corrected chi connectivity index (χ4v) is 6.88. The molecular weight excluding hydrogens is 506 g/mol. The van der Waals surface area contributed by atoms with Crippen molar-refractivity contribution >= 4 is 43.4 Å². The van der Waals surface area contributed by atoms with Crippen LogP contribution in [0.15, 0.2) is 63.4 Å². The lowest BCUT2D eigenvalue weighted by Crippen LogP contribution is -2.31. The zero-order chi connectivity index (χ0) is 26.0. The molecule has 0 atom stereocenters. The second kappa shape index (κ2) is 10.8. The largest absolute Gasteiger partial charge is 0.464 e. The van der Waals surface area contributed by atoms with Crippen LogP contribution in [-0.2, 0) is 21.2 Å². The summed E-state index contributed by atoms with van der Waals surface area (Å²) in [5, 5.41) is 6.19. The van der Waals surface area contributed by atoms with Crippen molar-refractivity contribution in [3.8, 4) is 11.3 Å². The van der Waals surface area contributed by atoms with Crippen LogP contribution in [-0.4, -0.2) is 36.7 Å². The number of hydrogen-bond acceptors (Lipinski definition) is 6. The Morgan fingerprint density at radius 1 is 1.08 bits per heavy atom. The van der Waals surface area contributed by atoms with Crippen molar-refractivity contribution in [2.75, 3.05) is 18.4 Å². The van der Waals surface area contributed by atoms with Gasteiger partial charge in [0.25, 0.3) is 0 Å². The number of hydrogen-bond donors (Lipinski definition) is 1. The van der Waals surface area contributed by atoms with Crippen molar-refractivity contribution in [2.45, 2.75) is 56.8 Å². The third-order valence-corrected chi connectivity index (χ3v) is 9.47. The molecule has 0 bridgehead atoms. The van der Waals surface area contributed by atoms with Crippen LogP contribution in [0.2, 0.25) is 0 Å². The van der Waals surface area contributed by atoms with E-state index in [1.165, 1.54) is 16.9 Å². The van der Waals surface area contributed by atoms with E-state index in [1.54, 1.807) is 34.8 Å². The Morgan fingerprint density at radius 3 is 2.51 bits per heavy atom. The molecule has 5 rings (SSSR count). The zero-order valence-corrected chi connectivity index (χ0v) is 22.7. The Hall–Kier alpha value is -3.01. The standard InChI is InChI=1S/C28H31N3O4S2/c1-19(2)21-9-12-26-24(15-21)22(17-35-26)16-27(32)30-28-29-25(18-36-28)20-7-10-23(11-8-20)37(33,34)31-13-5-3-4-6-14-31/h7-12,15,17-19H,3-6,13-14,16H2,1-2H3,(H,29,30,32). The van der Waals surface area contributed by atoms with E-state index in [9.17, 15) is 13.2 Å². The molecule has 2 aromatic heterocycles. The summed E-state index contributed by atoms with van der Waals surface area (Å²) in [5.41, 5.74) is 4.30. The molecule has 1 amide bonds. The minimum Gasteiger partial charge on any atom is -0.464 e. The highest BCUT2D eigenvalue weighted by Crippen LogP contribution is 2.29. The van der Waals surface area contributed by atoms with Crippen LogP contribution in [0, 0.1) is 0 Å². The molecule has 1 N–H and O–H groups in total. The van der Waals surface area contributed by atoms with Crippen molar-refractivity contribution in [3.05, 3.63) is 65.2 Å². The second-order valence-electron chi connectivity index (χ2n) is 9.78. The average molecular weight is 538 g/mol. The molecule has 0 spiro atoms. The van der Waals surface area contributed by atoms with Crippen LogP contribution < -0.4 is 5.32 Å². The third-order valence-electron chi connectivity index (χ3n) is 6.80. The molecule has 0 aliphatic carbocycles. The maximum Gasteiger partial charge on any atom is 0.243 e. The molecule has 1 saturated heterocycles. The van der Waals surface area contributed by atoms with Crippen molar-refractivity contribution in [1.82, 2.24) is 9.29 Å². The van der Waals surface area contributed by atoms with E-state index < -0.39 is 10.0 Å². The van der Waals surface area contributed by atoms with Gasteiger partial charge in [0.15, 0.2) is 5.13 Å². The molecule has 194 valence electrons. The van der Waals surface area contributed by atoms with E-state index >= 15 is 0 Å². The Balaban J connectivity index is 1.25. The van der Waals surface area contributed by atoms with E-state index in [2.05, 4.69) is 30.2 Å². The topological polar surface area (TPSA) is 92.5 Å². The summed E-state index contributed by atoms with van der Waals surface area (Å²) in [6.45, 7) is 5.42. The third kappa shape index (κ3) is 5.63. The first-order valence-electron chi connectivity index (χ1n) is 12.7. The van der Waals surface area contributed by atoms with E-state index in [0.29, 0.717) is 34.7 Å². The predicted molar refractivity (Wildman–Crippen MR) is 147 cm³/mol. The number of rotatable bonds is 7. The van der Waals surface area contributed by atoms with Gasteiger partial charge >= 0.3 is 0 Å². The maximum absolute atomic E-state index is 13.0. The lowest BCUT2D eigenvalue weighted by Gasteiger charge is -2.19. The highest BCUT2D eigenvalue weighted by molar-refractivity contribution is 7.89. The summed E-state index contributed by atoms with van der Waals surface area (Å²) in [7, 11) is -3.49. The fourth-order valence-electron chi connectivity index (χ4n) is 4.62. The van der Waals surface area contributed by atoms with Crippen molar-refractivity contribution in [2.24, 2.45) is 0 Å². The van der Waals surface area contributed by atoms with E-state index in [-0.39, 0.29) is 12.3 Å². The normalized spacial score (nSPS) is 15.2. The van der Waals surface area contributed by atoms with E-state index in [1.807, 2.05) is 17.5 Å². The van der Waals surface area contributed by atoms with Gasteiger partial charge in [-0.15, -0.1) is 11.3 Å². The summed E-state index contributed by atoms with van der Waals surface area (Å²) < 4.78 is 33.3. The fraction of sp³-hybridized carbons (Fsp3) is 0.357. The molecular formula is C28H31N3O4S2. The van der Waals surface area contributed by atoms with Gasteiger partial charge in [-0.25, -0.2) is 13.4 Å². The first-order valence-corrected chi connectivity index (χ1v) is 15.0. The minimum absolute atomic E-state index is 0.169. The monoisotopic (exact) mass is 537 g/mol. The van der Waals surface area contributed by atoms with Crippen LogP contribution in [0.5, 0.6) is 0 Å². The summed E-state index contributed by atoms with van der Waals surface area (Å²) in [4.78, 5) is 17.6. The number of anilines is 1. The molecule has 1 fully saturated rings. The Labute approximate surface area is 221 Å². The maximum atomic E-state index is 13.0. The van der Waals surface area contributed by atoms with Gasteiger partial charge in [-0.05, 0) is 48.6 Å². The number of carbonyl (C=O) groups is 1. The Kier molecular flexibility index (Phi) is 7.46. The molecule has 9 heteroatoms. The molecule has 2 aromatic carbocycles. The quantitative estimate of drug-likeness (QED) is 0.293. The smallest absolute Gasteiger partial charge is 0.243 e. The van der Waals surface area contributed by atoms with Crippen LogP contribution in [0.4, 0.5) is 5.13 Å². The van der Waals surface area contributed by atoms with Crippen molar-refractivity contribution in [1.29, 1.82) is 0 Å². The lowest BCUT2D eigenvalue weighted by molar-refractivity contribution is -0.115. The number of fused-ring (bicyclic) bond motifs is 1. The molecule has 1 aliphatic heterocycles. The number of sulfonamides is 1. The van der Waals surface area contributed by atoms with Gasteiger partial charge in [0.05, 0.1) is 23.3 Å². The number of carbonyl (C=O) groups excluding carboxylic acids is 1. The Bertz CT molecular complexity index is 1500. The molecule has 37 heavy (non-hydrogen) atoms. The van der Waals surface area contributed by atoms with E-state index in [4.69, 9.17) is 4.42 Å². The second-order valence-corrected chi connectivity index (χ2v) is 12.6. The predicted octanol–water partition coefficient (Wildman–Crippen LogP) is 6.43. The van der Waals surface area contributed by atoms with Gasteiger partial charge in [-0.3, -0.25) is 4.79 Å². The Morgan fingerprint density at radius 2 is 1.81 bits per heavy atom. The van der Waals surface area contributed by atoms with Crippen LogP contribution in [0.25, 0.3) is 22.2 Å². The number of nitrogens with one attached hydrogen (secondary N) is 1. The first-order chi connectivity index (χ1) is 17.8. The summed E-state index contributed by atoms with van der Waals surface area (Å²) in [5.74, 6) is 0.218. The lowest BCUT2D eigenvalue weighted by atomic mass is 10.00. The number of furan rings is 1. The SMILES string of the molecule is CC(C)c1ccc2occ(CC(=O)Nc3nc(-c4ccc(S(=O)(=O)N5CCCCCC5)cc4)cs3)c2c1. The molecule has 4 aromatic rings. The van der Waals surface area contributed by atoms with Crippen LogP contribution in [0.3, 0.4) is 0 Å². The van der Waals surface area contributed by atoms with Gasteiger partial charge in [0.2, 0.25) is 15.9 Å². The molecule has 7 nitrogen and oxygen atoms in total. The number of benzene rings is 2. The summed E-state index contributed by atoms with van der Waals surface area (Å²) >= 11 is 1.34. The average Bonchev–Trinajstić information content (AvgIpc) is 3.40. The number of aromatic nitrogens is 1. The van der Waals surface area contributed by atoms with Gasteiger partial charge in [-0.2, -0.15) is 4.31 Å². The highest BCUT2D eigenvalue weighted by Gasteiger charge is 2.25. The summed E-state index contributed by atoms with van der Waals surface area (Å²) in [6, 6.07) is 12.9. The minimum atomic E-state index is -3.49. The van der Waals surface area contributed by atoms with Gasteiger partial charge < -0.3 is 9.73 Å². The van der Waals surface area contributed by atoms with Gasteiger partial charge in [0, 0.05) is 35.0 Å². The van der Waals surface area contributed by atoms with Crippen LogP contribution in [0.1, 0.15) is 56.6 Å².